The first-order chi connectivity index (χ1) is 10.5. The van der Waals surface area contributed by atoms with E-state index < -0.39 is 5.97 Å². The lowest BCUT2D eigenvalue weighted by Gasteiger charge is -2.18. The number of nitrogens with zero attached hydrogens (tertiary/aromatic N) is 1. The van der Waals surface area contributed by atoms with Crippen LogP contribution < -0.4 is 10.2 Å². The number of benzene rings is 1. The lowest BCUT2D eigenvalue weighted by atomic mass is 10.3. The number of hydrogen-bond acceptors (Lipinski definition) is 5. The van der Waals surface area contributed by atoms with Gasteiger partial charge in [0.2, 0.25) is 5.91 Å². The van der Waals surface area contributed by atoms with Crippen LogP contribution in [0.2, 0.25) is 5.02 Å². The summed E-state index contributed by atoms with van der Waals surface area (Å²) in [4.78, 5) is 24.0. The monoisotopic (exact) mass is 362 g/mol. The third kappa shape index (κ3) is 8.41. The molecule has 1 rings (SSSR count). The standard InChI is InChI=1S/C14H19ClN2O3S2/c1-17(12-4-2-11(15)3-5-12)10-13(18)16-7-9-22-21-8-6-14(19)20/h2-5H,6-10H2,1H3,(H,16,18)(H,19,20). The second kappa shape index (κ2) is 10.6. The zero-order chi connectivity index (χ0) is 16.4. The SMILES string of the molecule is CN(CC(=O)NCCSSCCC(=O)O)c1ccc(Cl)cc1. The molecule has 0 bridgehead atoms. The molecule has 2 N–H and O–H groups in total. The fourth-order valence-electron chi connectivity index (χ4n) is 1.54. The van der Waals surface area contributed by atoms with Gasteiger partial charge in [-0.2, -0.15) is 0 Å². The topological polar surface area (TPSA) is 69.6 Å². The van der Waals surface area contributed by atoms with Crippen LogP contribution in [0.25, 0.3) is 0 Å². The van der Waals surface area contributed by atoms with E-state index in [2.05, 4.69) is 5.32 Å². The van der Waals surface area contributed by atoms with E-state index in [1.165, 1.54) is 10.8 Å². The molecule has 5 nitrogen and oxygen atoms in total. The zero-order valence-corrected chi connectivity index (χ0v) is 14.6. The van der Waals surface area contributed by atoms with Crippen molar-refractivity contribution in [1.82, 2.24) is 5.32 Å². The van der Waals surface area contributed by atoms with Crippen LogP contribution in [0.4, 0.5) is 5.69 Å². The van der Waals surface area contributed by atoms with E-state index in [4.69, 9.17) is 16.7 Å². The molecule has 22 heavy (non-hydrogen) atoms. The third-order valence-corrected chi connectivity index (χ3v) is 5.30. The summed E-state index contributed by atoms with van der Waals surface area (Å²) in [7, 11) is 4.92. The maximum atomic E-state index is 11.8. The molecule has 0 aliphatic heterocycles. The molecule has 0 saturated heterocycles. The number of halogens is 1. The van der Waals surface area contributed by atoms with Crippen LogP contribution in [-0.2, 0) is 9.59 Å². The fraction of sp³-hybridized carbons (Fsp3) is 0.429. The Hall–Kier alpha value is -1.05. The molecule has 0 aliphatic rings. The van der Waals surface area contributed by atoms with E-state index in [0.717, 1.165) is 11.4 Å². The predicted octanol–water partition coefficient (Wildman–Crippen LogP) is 2.75. The van der Waals surface area contributed by atoms with Crippen molar-refractivity contribution in [3.63, 3.8) is 0 Å². The number of carbonyl (C=O) groups excluding carboxylic acids is 1. The average Bonchev–Trinajstić information content (AvgIpc) is 2.46. The Labute approximate surface area is 143 Å². The molecule has 1 aromatic rings. The van der Waals surface area contributed by atoms with Crippen LogP contribution in [0.1, 0.15) is 6.42 Å². The highest BCUT2D eigenvalue weighted by atomic mass is 35.5. The fourth-order valence-corrected chi connectivity index (χ4v) is 3.55. The van der Waals surface area contributed by atoms with Crippen molar-refractivity contribution in [1.29, 1.82) is 0 Å². The highest BCUT2D eigenvalue weighted by Crippen LogP contribution is 2.21. The van der Waals surface area contributed by atoms with Gasteiger partial charge in [-0.05, 0) is 24.3 Å². The molecule has 1 amide bonds. The molecule has 8 heteroatoms. The van der Waals surface area contributed by atoms with E-state index in [1.54, 1.807) is 22.9 Å². The first kappa shape index (κ1) is 19.0. The van der Waals surface area contributed by atoms with E-state index >= 15 is 0 Å². The van der Waals surface area contributed by atoms with Crippen LogP contribution in [-0.4, -0.2) is 48.6 Å². The van der Waals surface area contributed by atoms with E-state index in [0.29, 0.717) is 17.3 Å². The van der Waals surface area contributed by atoms with Gasteiger partial charge in [-0.3, -0.25) is 9.59 Å². The number of carbonyl (C=O) groups is 2. The van der Waals surface area contributed by atoms with Gasteiger partial charge < -0.3 is 15.3 Å². The molecule has 1 aromatic carbocycles. The van der Waals surface area contributed by atoms with Crippen LogP contribution in [0, 0.1) is 0 Å². The minimum atomic E-state index is -0.786. The summed E-state index contributed by atoms with van der Waals surface area (Å²) in [6.07, 6.45) is 0.163. The van der Waals surface area contributed by atoms with Crippen LogP contribution >= 0.6 is 33.2 Å². The number of anilines is 1. The Morgan fingerprint density at radius 3 is 2.50 bits per heavy atom. The minimum absolute atomic E-state index is 0.0476. The van der Waals surface area contributed by atoms with Crippen molar-refractivity contribution in [3.8, 4) is 0 Å². The maximum absolute atomic E-state index is 11.8. The molecule has 0 aliphatic carbocycles. The average molecular weight is 363 g/mol. The minimum Gasteiger partial charge on any atom is -0.481 e. The van der Waals surface area contributed by atoms with Gasteiger partial charge in [0, 0.05) is 35.8 Å². The molecule has 0 heterocycles. The summed E-state index contributed by atoms with van der Waals surface area (Å²) < 4.78 is 0. The number of carboxylic acid groups (broad SMARTS) is 1. The summed E-state index contributed by atoms with van der Waals surface area (Å²) in [5, 5.41) is 12.0. The predicted molar refractivity (Wildman–Crippen MR) is 94.9 cm³/mol. The van der Waals surface area contributed by atoms with Crippen molar-refractivity contribution in [2.45, 2.75) is 6.42 Å². The highest BCUT2D eigenvalue weighted by molar-refractivity contribution is 8.76. The van der Waals surface area contributed by atoms with Crippen LogP contribution in [0.15, 0.2) is 24.3 Å². The highest BCUT2D eigenvalue weighted by Gasteiger charge is 2.07. The van der Waals surface area contributed by atoms with Gasteiger partial charge >= 0.3 is 5.97 Å². The van der Waals surface area contributed by atoms with Gasteiger partial charge in [-0.15, -0.1) is 0 Å². The quantitative estimate of drug-likeness (QED) is 0.492. The lowest BCUT2D eigenvalue weighted by Crippen LogP contribution is -2.36. The summed E-state index contributed by atoms with van der Waals surface area (Å²) in [5.41, 5.74) is 0.929. The second-order valence-electron chi connectivity index (χ2n) is 4.47. The number of aliphatic carboxylic acids is 1. The van der Waals surface area contributed by atoms with Gasteiger partial charge in [0.15, 0.2) is 0 Å². The van der Waals surface area contributed by atoms with Crippen molar-refractivity contribution in [2.24, 2.45) is 0 Å². The molecule has 0 atom stereocenters. The first-order valence-electron chi connectivity index (χ1n) is 6.68. The van der Waals surface area contributed by atoms with Crippen LogP contribution in [0.5, 0.6) is 0 Å². The molecule has 0 fully saturated rings. The smallest absolute Gasteiger partial charge is 0.304 e. The number of hydrogen-bond donors (Lipinski definition) is 2. The number of carboxylic acids is 1. The number of amides is 1. The molecular weight excluding hydrogens is 344 g/mol. The number of nitrogens with one attached hydrogen (secondary N) is 1. The van der Waals surface area contributed by atoms with E-state index in [1.807, 2.05) is 24.1 Å². The van der Waals surface area contributed by atoms with Gasteiger partial charge in [0.1, 0.15) is 0 Å². The zero-order valence-electron chi connectivity index (χ0n) is 12.3. The van der Waals surface area contributed by atoms with E-state index in [-0.39, 0.29) is 18.9 Å². The van der Waals surface area contributed by atoms with Gasteiger partial charge in [0.05, 0.1) is 13.0 Å². The largest absolute Gasteiger partial charge is 0.481 e. The summed E-state index contributed by atoms with van der Waals surface area (Å²) in [5.74, 6) is 0.494. The Morgan fingerprint density at radius 2 is 1.86 bits per heavy atom. The van der Waals surface area contributed by atoms with Crippen LogP contribution in [0.3, 0.4) is 0 Å². The summed E-state index contributed by atoms with van der Waals surface area (Å²) >= 11 is 5.83. The number of likely N-dealkylation sites (N-methyl/N-ethyl adjacent to an activating group) is 1. The Bertz CT molecular complexity index is 485. The van der Waals surface area contributed by atoms with Crippen molar-refractivity contribution in [3.05, 3.63) is 29.3 Å². The summed E-state index contributed by atoms with van der Waals surface area (Å²) in [6.45, 7) is 0.844. The third-order valence-electron chi connectivity index (χ3n) is 2.64. The Morgan fingerprint density at radius 1 is 1.23 bits per heavy atom. The van der Waals surface area contributed by atoms with Crippen molar-refractivity contribution in [2.75, 3.05) is 36.5 Å². The summed E-state index contributed by atoms with van der Waals surface area (Å²) in [6, 6.07) is 7.31. The molecule has 0 saturated carbocycles. The molecule has 0 aromatic heterocycles. The first-order valence-corrected chi connectivity index (χ1v) is 9.55. The Balaban J connectivity index is 2.12. The molecule has 0 spiro atoms. The van der Waals surface area contributed by atoms with E-state index in [9.17, 15) is 9.59 Å². The van der Waals surface area contributed by atoms with Crippen molar-refractivity contribution < 1.29 is 14.7 Å². The Kier molecular flexibility index (Phi) is 9.19. The normalized spacial score (nSPS) is 10.3. The second-order valence-corrected chi connectivity index (χ2v) is 7.61. The van der Waals surface area contributed by atoms with Crippen molar-refractivity contribution >= 4 is 50.8 Å². The van der Waals surface area contributed by atoms with Gasteiger partial charge in [0.25, 0.3) is 0 Å². The molecule has 122 valence electrons. The molecular formula is C14H19ClN2O3S2. The van der Waals surface area contributed by atoms with Gasteiger partial charge in [-0.1, -0.05) is 33.2 Å². The molecule has 0 unspecified atom stereocenters. The van der Waals surface area contributed by atoms with Gasteiger partial charge in [-0.25, -0.2) is 0 Å². The molecule has 0 radical (unpaired) electrons. The maximum Gasteiger partial charge on any atom is 0.304 e. The lowest BCUT2D eigenvalue weighted by molar-refractivity contribution is -0.136. The number of rotatable bonds is 10.